The molecule has 0 bridgehead atoms. The molecule has 0 radical (unpaired) electrons. The summed E-state index contributed by atoms with van der Waals surface area (Å²) in [6.45, 7) is 2.88. The molecule has 6 nitrogen and oxygen atoms in total. The van der Waals surface area contributed by atoms with Gasteiger partial charge in [0.15, 0.2) is 5.82 Å². The van der Waals surface area contributed by atoms with Crippen molar-refractivity contribution >= 4 is 27.6 Å². The number of nitrogens with zero attached hydrogens (tertiary/aromatic N) is 2. The molecule has 0 atom stereocenters. The molecule has 1 rings (SSSR count). The molecule has 0 fully saturated rings. The zero-order chi connectivity index (χ0) is 12.9. The van der Waals surface area contributed by atoms with Gasteiger partial charge in [-0.2, -0.15) is 16.9 Å². The summed E-state index contributed by atoms with van der Waals surface area (Å²) < 4.78 is 27.8. The number of hydrogen-bond acceptors (Lipinski definition) is 5. The van der Waals surface area contributed by atoms with Crippen molar-refractivity contribution < 1.29 is 8.42 Å². The first-order valence-electron chi connectivity index (χ1n) is 5.32. The van der Waals surface area contributed by atoms with E-state index in [4.69, 9.17) is 5.73 Å². The third kappa shape index (κ3) is 3.90. The molecule has 0 aromatic carbocycles. The number of aromatic nitrogens is 2. The molecule has 1 heterocycles. The normalized spacial score (nSPS) is 11.9. The van der Waals surface area contributed by atoms with Gasteiger partial charge < -0.3 is 5.73 Å². The first kappa shape index (κ1) is 14.3. The van der Waals surface area contributed by atoms with Gasteiger partial charge in [-0.25, -0.2) is 13.1 Å². The van der Waals surface area contributed by atoms with Gasteiger partial charge in [-0.1, -0.05) is 0 Å². The van der Waals surface area contributed by atoms with Crippen LogP contribution in [0.15, 0.2) is 11.1 Å². The van der Waals surface area contributed by atoms with Crippen LogP contribution in [0.5, 0.6) is 0 Å². The molecule has 1 aromatic rings. The van der Waals surface area contributed by atoms with Crippen LogP contribution >= 0.6 is 11.8 Å². The molecular formula is C9H18N4O2S2. The molecule has 3 N–H and O–H groups in total. The highest BCUT2D eigenvalue weighted by Crippen LogP contribution is 2.15. The largest absolute Gasteiger partial charge is 0.381 e. The predicted molar refractivity (Wildman–Crippen MR) is 70.5 cm³/mol. The van der Waals surface area contributed by atoms with Crippen molar-refractivity contribution in [2.75, 3.05) is 24.3 Å². The van der Waals surface area contributed by atoms with Crippen LogP contribution in [0.3, 0.4) is 0 Å². The maximum Gasteiger partial charge on any atom is 0.245 e. The van der Waals surface area contributed by atoms with Gasteiger partial charge in [0.2, 0.25) is 10.0 Å². The van der Waals surface area contributed by atoms with Crippen LogP contribution in [0.1, 0.15) is 13.3 Å². The van der Waals surface area contributed by atoms with Gasteiger partial charge >= 0.3 is 0 Å². The van der Waals surface area contributed by atoms with Gasteiger partial charge in [0.1, 0.15) is 4.90 Å². The molecule has 0 aliphatic carbocycles. The van der Waals surface area contributed by atoms with E-state index in [2.05, 4.69) is 9.82 Å². The highest BCUT2D eigenvalue weighted by molar-refractivity contribution is 7.98. The van der Waals surface area contributed by atoms with E-state index in [0.29, 0.717) is 13.1 Å². The Morgan fingerprint density at radius 3 is 2.82 bits per heavy atom. The Balaban J connectivity index is 2.72. The third-order valence-electron chi connectivity index (χ3n) is 2.19. The predicted octanol–water partition coefficient (Wildman–Crippen LogP) is 0.517. The Bertz CT molecular complexity index is 456. The number of rotatable bonds is 7. The first-order chi connectivity index (χ1) is 8.01. The van der Waals surface area contributed by atoms with Crippen molar-refractivity contribution in [3.63, 3.8) is 0 Å². The monoisotopic (exact) mass is 278 g/mol. The number of sulfonamides is 1. The van der Waals surface area contributed by atoms with Gasteiger partial charge in [0.25, 0.3) is 0 Å². The minimum Gasteiger partial charge on any atom is -0.381 e. The minimum atomic E-state index is -3.53. The van der Waals surface area contributed by atoms with E-state index in [1.807, 2.05) is 13.2 Å². The van der Waals surface area contributed by atoms with Crippen LogP contribution in [0.4, 0.5) is 5.82 Å². The summed E-state index contributed by atoms with van der Waals surface area (Å²) in [4.78, 5) is 0.0588. The molecular weight excluding hydrogens is 260 g/mol. The van der Waals surface area contributed by atoms with E-state index >= 15 is 0 Å². The van der Waals surface area contributed by atoms with Gasteiger partial charge in [-0.05, 0) is 25.4 Å². The van der Waals surface area contributed by atoms with E-state index in [1.54, 1.807) is 11.8 Å². The summed E-state index contributed by atoms with van der Waals surface area (Å²) in [5, 5.41) is 3.91. The van der Waals surface area contributed by atoms with E-state index < -0.39 is 10.0 Å². The topological polar surface area (TPSA) is 90.0 Å². The van der Waals surface area contributed by atoms with Gasteiger partial charge in [-0.3, -0.25) is 4.68 Å². The van der Waals surface area contributed by atoms with Crippen LogP contribution in [0, 0.1) is 0 Å². The molecule has 0 amide bonds. The Hall–Kier alpha value is -0.730. The summed E-state index contributed by atoms with van der Waals surface area (Å²) >= 11 is 1.68. The molecule has 1 aromatic heterocycles. The average Bonchev–Trinajstić information content (AvgIpc) is 2.67. The van der Waals surface area contributed by atoms with E-state index in [9.17, 15) is 8.42 Å². The van der Waals surface area contributed by atoms with Crippen molar-refractivity contribution in [1.82, 2.24) is 14.5 Å². The second-order valence-corrected chi connectivity index (χ2v) is 6.20. The Labute approximate surface area is 106 Å². The average molecular weight is 278 g/mol. The second-order valence-electron chi connectivity index (χ2n) is 3.48. The Morgan fingerprint density at radius 1 is 1.59 bits per heavy atom. The molecule has 98 valence electrons. The minimum absolute atomic E-state index is 0.0456. The van der Waals surface area contributed by atoms with Gasteiger partial charge in [0, 0.05) is 19.3 Å². The number of nitrogens with one attached hydrogen (secondary N) is 1. The molecule has 0 unspecified atom stereocenters. The van der Waals surface area contributed by atoms with Crippen LogP contribution in [0.2, 0.25) is 0 Å². The van der Waals surface area contributed by atoms with Crippen molar-refractivity contribution in [3.05, 3.63) is 6.20 Å². The fraction of sp³-hybridized carbons (Fsp3) is 0.667. The van der Waals surface area contributed by atoms with Crippen molar-refractivity contribution in [2.45, 2.75) is 24.8 Å². The van der Waals surface area contributed by atoms with Crippen molar-refractivity contribution in [3.8, 4) is 0 Å². The lowest BCUT2D eigenvalue weighted by Gasteiger charge is -2.04. The highest BCUT2D eigenvalue weighted by Gasteiger charge is 2.20. The summed E-state index contributed by atoms with van der Waals surface area (Å²) in [5.41, 5.74) is 5.58. The number of hydrogen-bond donors (Lipinski definition) is 2. The van der Waals surface area contributed by atoms with Crippen molar-refractivity contribution in [1.29, 1.82) is 0 Å². The number of nitrogen functional groups attached to an aromatic ring is 1. The Morgan fingerprint density at radius 2 is 2.29 bits per heavy atom. The summed E-state index contributed by atoms with van der Waals surface area (Å²) in [6.07, 6.45) is 4.23. The molecule has 0 aliphatic heterocycles. The summed E-state index contributed by atoms with van der Waals surface area (Å²) in [6, 6.07) is 0. The lowest BCUT2D eigenvalue weighted by molar-refractivity contribution is 0.581. The van der Waals surface area contributed by atoms with Gasteiger partial charge in [-0.15, -0.1) is 0 Å². The van der Waals surface area contributed by atoms with Crippen LogP contribution in [-0.4, -0.2) is 36.8 Å². The smallest absolute Gasteiger partial charge is 0.245 e. The van der Waals surface area contributed by atoms with E-state index in [1.165, 1.54) is 10.9 Å². The fourth-order valence-corrected chi connectivity index (χ4v) is 2.87. The summed E-state index contributed by atoms with van der Waals surface area (Å²) in [5.74, 6) is 0.968. The standard InChI is InChI=1S/C9H18N4O2S2/c1-3-13-7-8(9(10)12-13)17(14,15)11-5-4-6-16-2/h7,11H,3-6H2,1-2H3,(H2,10,12). The SMILES string of the molecule is CCn1cc(S(=O)(=O)NCCCSC)c(N)n1. The number of nitrogens with two attached hydrogens (primary N) is 1. The van der Waals surface area contributed by atoms with Crippen LogP contribution < -0.4 is 10.5 Å². The molecule has 0 aliphatic rings. The van der Waals surface area contributed by atoms with Crippen LogP contribution in [0.25, 0.3) is 0 Å². The number of anilines is 1. The summed E-state index contributed by atoms with van der Waals surface area (Å²) in [7, 11) is -3.53. The lowest BCUT2D eigenvalue weighted by Crippen LogP contribution is -2.25. The molecule has 0 saturated carbocycles. The van der Waals surface area contributed by atoms with Crippen molar-refractivity contribution in [2.24, 2.45) is 0 Å². The zero-order valence-corrected chi connectivity index (χ0v) is 11.6. The molecule has 8 heteroatoms. The highest BCUT2D eigenvalue weighted by atomic mass is 32.2. The molecule has 0 spiro atoms. The quantitative estimate of drug-likeness (QED) is 0.710. The number of aryl methyl sites for hydroxylation is 1. The Kier molecular flexibility index (Phi) is 5.29. The zero-order valence-electron chi connectivity index (χ0n) is 10.0. The van der Waals surface area contributed by atoms with E-state index in [-0.39, 0.29) is 10.7 Å². The fourth-order valence-electron chi connectivity index (χ4n) is 1.29. The first-order valence-corrected chi connectivity index (χ1v) is 8.20. The second kappa shape index (κ2) is 6.27. The van der Waals surface area contributed by atoms with Gasteiger partial charge in [0.05, 0.1) is 0 Å². The number of thioether (sulfide) groups is 1. The maximum absolute atomic E-state index is 11.9. The van der Waals surface area contributed by atoms with Crippen LogP contribution in [-0.2, 0) is 16.6 Å². The third-order valence-corrected chi connectivity index (χ3v) is 4.36. The molecule has 17 heavy (non-hydrogen) atoms. The van der Waals surface area contributed by atoms with E-state index in [0.717, 1.165) is 12.2 Å². The maximum atomic E-state index is 11.9. The molecule has 0 saturated heterocycles. The lowest BCUT2D eigenvalue weighted by atomic mass is 10.5.